The zero-order chi connectivity index (χ0) is 26.4. The van der Waals surface area contributed by atoms with E-state index in [0.717, 1.165) is 40.7 Å². The van der Waals surface area contributed by atoms with Gasteiger partial charge in [-0.2, -0.15) is 0 Å². The first kappa shape index (κ1) is 24.4. The maximum Gasteiger partial charge on any atom is 0.335 e. The number of hydrogen-bond donors (Lipinski definition) is 2. The van der Waals surface area contributed by atoms with Crippen molar-refractivity contribution in [2.45, 2.75) is 45.2 Å². The average molecular weight is 509 g/mol. The molecule has 6 rings (SSSR count). The lowest BCUT2D eigenvalue weighted by Crippen LogP contribution is -2.38. The Balaban J connectivity index is 1.26. The molecule has 0 saturated heterocycles. The molecule has 0 aromatic heterocycles. The van der Waals surface area contributed by atoms with Crippen LogP contribution in [0, 0.1) is 17.8 Å². The molecule has 3 aliphatic rings. The number of carboxylic acids is 1. The molecule has 2 fully saturated rings. The van der Waals surface area contributed by atoms with Crippen LogP contribution < -0.4 is 5.32 Å². The van der Waals surface area contributed by atoms with Crippen molar-refractivity contribution in [3.05, 3.63) is 94.5 Å². The van der Waals surface area contributed by atoms with Gasteiger partial charge in [-0.25, -0.2) is 4.79 Å². The normalized spacial score (nSPS) is 23.3. The molecule has 2 aliphatic carbocycles. The van der Waals surface area contributed by atoms with Crippen molar-refractivity contribution in [1.29, 1.82) is 0 Å². The topological polar surface area (TPSA) is 86.7 Å². The molecule has 1 aliphatic heterocycles. The van der Waals surface area contributed by atoms with Crippen molar-refractivity contribution in [2.24, 2.45) is 17.8 Å². The summed E-state index contributed by atoms with van der Waals surface area (Å²) in [6.07, 6.45) is 2.53. The van der Waals surface area contributed by atoms with Crippen molar-refractivity contribution < 1.29 is 19.5 Å². The fourth-order valence-electron chi connectivity index (χ4n) is 5.95. The molecule has 2 amide bonds. The molecule has 6 heteroatoms. The summed E-state index contributed by atoms with van der Waals surface area (Å²) in [6, 6.07) is 21.2. The summed E-state index contributed by atoms with van der Waals surface area (Å²) >= 11 is 0. The minimum Gasteiger partial charge on any atom is -0.478 e. The summed E-state index contributed by atoms with van der Waals surface area (Å²) in [7, 11) is 0. The number of nitrogens with zero attached hydrogens (tertiary/aromatic N) is 1. The first-order valence-corrected chi connectivity index (χ1v) is 13.5. The van der Waals surface area contributed by atoms with Crippen LogP contribution in [0.2, 0.25) is 0 Å². The molecule has 1 heterocycles. The predicted molar refractivity (Wildman–Crippen MR) is 144 cm³/mol. The van der Waals surface area contributed by atoms with Gasteiger partial charge in [-0.3, -0.25) is 9.59 Å². The van der Waals surface area contributed by atoms with E-state index in [4.69, 9.17) is 0 Å². The lowest BCUT2D eigenvalue weighted by molar-refractivity contribution is -0.133. The van der Waals surface area contributed by atoms with Crippen LogP contribution in [0.3, 0.4) is 0 Å². The van der Waals surface area contributed by atoms with Gasteiger partial charge in [-0.05, 0) is 76.6 Å². The standard InChI is InChI=1S/C32H32N2O4/c1-19-14-26(19)31(36)34-13-12-25-24(21-8-5-9-22(15-21)32(37)38)11-10-23(29(25)18-34)17-33-30(35)28-16-27(28)20-6-3-2-4-7-20/h2-11,15,19,26-28H,12-14,16-18H2,1H3,(H,33,35)(H,37,38)/t19?,26?,27-,28-/m1/s1. The Bertz CT molecular complexity index is 1420. The summed E-state index contributed by atoms with van der Waals surface area (Å²) in [5.41, 5.74) is 6.55. The van der Waals surface area contributed by atoms with Gasteiger partial charge in [-0.1, -0.05) is 61.5 Å². The van der Waals surface area contributed by atoms with Crippen molar-refractivity contribution in [1.82, 2.24) is 10.2 Å². The van der Waals surface area contributed by atoms with Crippen molar-refractivity contribution >= 4 is 17.8 Å². The predicted octanol–water partition coefficient (Wildman–Crippen LogP) is 5.01. The third-order valence-corrected chi connectivity index (χ3v) is 8.48. The highest BCUT2D eigenvalue weighted by atomic mass is 16.4. The highest BCUT2D eigenvalue weighted by molar-refractivity contribution is 5.90. The monoisotopic (exact) mass is 508 g/mol. The number of carbonyl (C=O) groups excluding carboxylic acids is 2. The van der Waals surface area contributed by atoms with Crippen LogP contribution in [-0.4, -0.2) is 34.3 Å². The van der Waals surface area contributed by atoms with Gasteiger partial charge in [0.1, 0.15) is 0 Å². The van der Waals surface area contributed by atoms with E-state index < -0.39 is 5.97 Å². The number of carbonyl (C=O) groups is 3. The smallest absolute Gasteiger partial charge is 0.335 e. The molecule has 0 spiro atoms. The Morgan fingerprint density at radius 1 is 0.947 bits per heavy atom. The molecule has 3 aromatic carbocycles. The quantitative estimate of drug-likeness (QED) is 0.470. The zero-order valence-electron chi connectivity index (χ0n) is 21.5. The largest absolute Gasteiger partial charge is 0.478 e. The fourth-order valence-corrected chi connectivity index (χ4v) is 5.95. The van der Waals surface area contributed by atoms with E-state index in [2.05, 4.69) is 24.4 Å². The lowest BCUT2D eigenvalue weighted by atomic mass is 9.87. The lowest BCUT2D eigenvalue weighted by Gasteiger charge is -2.32. The Labute approximate surface area is 222 Å². The molecular formula is C32H32N2O4. The van der Waals surface area contributed by atoms with E-state index in [9.17, 15) is 19.5 Å². The number of fused-ring (bicyclic) bond motifs is 1. The highest BCUT2D eigenvalue weighted by Crippen LogP contribution is 2.47. The van der Waals surface area contributed by atoms with E-state index in [1.807, 2.05) is 41.3 Å². The van der Waals surface area contributed by atoms with E-state index in [1.54, 1.807) is 18.2 Å². The van der Waals surface area contributed by atoms with Gasteiger partial charge in [0.2, 0.25) is 11.8 Å². The Hall–Kier alpha value is -3.93. The second-order valence-electron chi connectivity index (χ2n) is 11.0. The first-order chi connectivity index (χ1) is 18.4. The van der Waals surface area contributed by atoms with E-state index in [0.29, 0.717) is 32.0 Å². The Morgan fingerprint density at radius 2 is 1.74 bits per heavy atom. The van der Waals surface area contributed by atoms with Gasteiger partial charge in [0.15, 0.2) is 0 Å². The fraction of sp³-hybridized carbons (Fsp3) is 0.344. The molecule has 3 aromatic rings. The number of benzene rings is 3. The van der Waals surface area contributed by atoms with Gasteiger partial charge in [0, 0.05) is 31.5 Å². The Morgan fingerprint density at radius 3 is 2.47 bits per heavy atom. The number of aromatic carboxylic acids is 1. The summed E-state index contributed by atoms with van der Waals surface area (Å²) in [6.45, 7) is 3.70. The highest BCUT2D eigenvalue weighted by Gasteiger charge is 2.44. The second kappa shape index (κ2) is 9.75. The summed E-state index contributed by atoms with van der Waals surface area (Å²) in [4.78, 5) is 39.6. The molecular weight excluding hydrogens is 476 g/mol. The van der Waals surface area contributed by atoms with Crippen LogP contribution in [0.15, 0.2) is 66.7 Å². The second-order valence-corrected chi connectivity index (χ2v) is 11.0. The van der Waals surface area contributed by atoms with Gasteiger partial charge < -0.3 is 15.3 Å². The van der Waals surface area contributed by atoms with Crippen LogP contribution in [0.4, 0.5) is 0 Å². The van der Waals surface area contributed by atoms with E-state index >= 15 is 0 Å². The summed E-state index contributed by atoms with van der Waals surface area (Å²) in [5.74, 6) is 0.192. The number of hydrogen-bond acceptors (Lipinski definition) is 3. The molecule has 6 nitrogen and oxygen atoms in total. The summed E-state index contributed by atoms with van der Waals surface area (Å²) < 4.78 is 0. The molecule has 0 bridgehead atoms. The van der Waals surface area contributed by atoms with Gasteiger partial charge in [-0.15, -0.1) is 0 Å². The van der Waals surface area contributed by atoms with Crippen molar-refractivity contribution in [3.63, 3.8) is 0 Å². The van der Waals surface area contributed by atoms with Gasteiger partial charge in [0.05, 0.1) is 5.56 Å². The number of carboxylic acid groups (broad SMARTS) is 1. The summed E-state index contributed by atoms with van der Waals surface area (Å²) in [5, 5.41) is 12.7. The molecule has 2 saturated carbocycles. The minimum atomic E-state index is -0.954. The average Bonchev–Trinajstić information content (AvgIpc) is 3.87. The first-order valence-electron chi connectivity index (χ1n) is 13.5. The van der Waals surface area contributed by atoms with Crippen molar-refractivity contribution in [3.8, 4) is 11.1 Å². The Kier molecular flexibility index (Phi) is 6.26. The number of nitrogens with one attached hydrogen (secondary N) is 1. The maximum absolute atomic E-state index is 13.1. The zero-order valence-corrected chi connectivity index (χ0v) is 21.5. The maximum atomic E-state index is 13.1. The SMILES string of the molecule is CC1CC1C(=O)N1CCc2c(-c3cccc(C(=O)O)c3)ccc(CNC(=O)[C@@H]3C[C@@H]3c3ccccc3)c2C1. The molecule has 0 radical (unpaired) electrons. The number of amides is 2. The van der Waals surface area contributed by atoms with Crippen LogP contribution in [0.1, 0.15) is 58.3 Å². The third-order valence-electron chi connectivity index (χ3n) is 8.48. The molecule has 2 unspecified atom stereocenters. The number of rotatable bonds is 7. The van der Waals surface area contributed by atoms with Crippen LogP contribution in [-0.2, 0) is 29.1 Å². The molecule has 194 valence electrons. The minimum absolute atomic E-state index is 0.000637. The van der Waals surface area contributed by atoms with Crippen LogP contribution >= 0.6 is 0 Å². The third kappa shape index (κ3) is 4.71. The molecule has 2 N–H and O–H groups in total. The van der Waals surface area contributed by atoms with Crippen LogP contribution in [0.5, 0.6) is 0 Å². The van der Waals surface area contributed by atoms with Gasteiger partial charge in [0.25, 0.3) is 0 Å². The van der Waals surface area contributed by atoms with Crippen molar-refractivity contribution in [2.75, 3.05) is 6.54 Å². The van der Waals surface area contributed by atoms with E-state index in [1.165, 1.54) is 5.56 Å². The van der Waals surface area contributed by atoms with E-state index in [-0.39, 0.29) is 35.1 Å². The van der Waals surface area contributed by atoms with Crippen LogP contribution in [0.25, 0.3) is 11.1 Å². The van der Waals surface area contributed by atoms with Gasteiger partial charge >= 0.3 is 5.97 Å². The molecule has 4 atom stereocenters. The molecule has 38 heavy (non-hydrogen) atoms.